The average Bonchev–Trinajstić information content (AvgIpc) is 2.90. The van der Waals surface area contributed by atoms with Crippen molar-refractivity contribution >= 4 is 34.7 Å². The van der Waals surface area contributed by atoms with Crippen molar-refractivity contribution in [2.24, 2.45) is 5.73 Å². The van der Waals surface area contributed by atoms with Crippen molar-refractivity contribution in [3.05, 3.63) is 34.2 Å². The Bertz CT molecular complexity index is 613. The summed E-state index contributed by atoms with van der Waals surface area (Å²) in [6, 6.07) is 7.30. The van der Waals surface area contributed by atoms with Crippen LogP contribution < -0.4 is 11.1 Å². The Morgan fingerprint density at radius 3 is 2.76 bits per heavy atom. The van der Waals surface area contributed by atoms with Gasteiger partial charge in [0.05, 0.1) is 6.61 Å². The minimum absolute atomic E-state index is 0.323. The van der Waals surface area contributed by atoms with Gasteiger partial charge in [0.25, 0.3) is 0 Å². The third-order valence-corrected chi connectivity index (χ3v) is 3.95. The average molecular weight is 326 g/mol. The molecular weight excluding hydrogens is 310 g/mol. The number of carbonyl (C=O) groups is 1. The van der Waals surface area contributed by atoms with Gasteiger partial charge in [0.15, 0.2) is 10.7 Å². The number of esters is 1. The second kappa shape index (κ2) is 7.40. The topological polar surface area (TPSA) is 77.2 Å². The van der Waals surface area contributed by atoms with Crippen LogP contribution in [0.5, 0.6) is 0 Å². The predicted octanol–water partition coefficient (Wildman–Crippen LogP) is 3.01. The molecule has 7 heteroatoms. The minimum Gasteiger partial charge on any atom is -0.462 e. The third kappa shape index (κ3) is 3.93. The summed E-state index contributed by atoms with van der Waals surface area (Å²) in [4.78, 5) is 16.9. The third-order valence-electron chi connectivity index (χ3n) is 2.62. The summed E-state index contributed by atoms with van der Waals surface area (Å²) in [5.41, 5.74) is 6.38. The second-order valence-electron chi connectivity index (χ2n) is 4.14. The fraction of sp³-hybridized carbons (Fsp3) is 0.286. The van der Waals surface area contributed by atoms with E-state index >= 15 is 0 Å². The first-order chi connectivity index (χ1) is 10.2. The molecule has 0 saturated carbocycles. The fourth-order valence-electron chi connectivity index (χ4n) is 1.68. The van der Waals surface area contributed by atoms with Crippen LogP contribution in [0.4, 0.5) is 5.82 Å². The lowest BCUT2D eigenvalue weighted by molar-refractivity contribution is 0.0533. The Hall–Kier alpha value is -1.63. The quantitative estimate of drug-likeness (QED) is 0.798. The molecule has 1 aromatic heterocycles. The first-order valence-corrected chi connectivity index (χ1v) is 7.73. The van der Waals surface area contributed by atoms with Crippen molar-refractivity contribution in [1.82, 2.24) is 4.98 Å². The first-order valence-electron chi connectivity index (χ1n) is 6.53. The molecule has 0 fully saturated rings. The van der Waals surface area contributed by atoms with Crippen LogP contribution in [-0.2, 0) is 4.74 Å². The van der Waals surface area contributed by atoms with Crippen molar-refractivity contribution in [3.8, 4) is 10.6 Å². The number of nitrogens with two attached hydrogens (primary N) is 1. The van der Waals surface area contributed by atoms with Gasteiger partial charge in [-0.1, -0.05) is 23.7 Å². The largest absolute Gasteiger partial charge is 0.462 e. The Balaban J connectivity index is 2.34. The number of thiazole rings is 1. The van der Waals surface area contributed by atoms with Gasteiger partial charge in [0.2, 0.25) is 0 Å². The van der Waals surface area contributed by atoms with Gasteiger partial charge < -0.3 is 15.8 Å². The number of benzene rings is 1. The number of hydrogen-bond donors (Lipinski definition) is 2. The van der Waals surface area contributed by atoms with Crippen LogP contribution in [0.1, 0.15) is 16.6 Å². The van der Waals surface area contributed by atoms with Gasteiger partial charge in [-0.25, -0.2) is 9.78 Å². The molecule has 2 rings (SSSR count). The van der Waals surface area contributed by atoms with E-state index in [4.69, 9.17) is 22.1 Å². The van der Waals surface area contributed by atoms with Crippen LogP contribution in [0.3, 0.4) is 0 Å². The van der Waals surface area contributed by atoms with Gasteiger partial charge in [-0.2, -0.15) is 0 Å². The number of carbonyl (C=O) groups excluding carboxylic acids is 1. The zero-order chi connectivity index (χ0) is 15.2. The maximum Gasteiger partial charge on any atom is 0.352 e. The van der Waals surface area contributed by atoms with Crippen molar-refractivity contribution < 1.29 is 9.53 Å². The summed E-state index contributed by atoms with van der Waals surface area (Å²) in [6.07, 6.45) is 0. The molecule has 3 N–H and O–H groups in total. The summed E-state index contributed by atoms with van der Waals surface area (Å²) in [6.45, 7) is 3.08. The number of anilines is 1. The Kier molecular flexibility index (Phi) is 5.55. The van der Waals surface area contributed by atoms with Crippen LogP contribution in [0.15, 0.2) is 24.3 Å². The highest BCUT2D eigenvalue weighted by Gasteiger charge is 2.19. The molecule has 5 nitrogen and oxygen atoms in total. The summed E-state index contributed by atoms with van der Waals surface area (Å²) < 4.78 is 5.06. The maximum absolute atomic E-state index is 12.0. The molecule has 1 aromatic carbocycles. The number of hydrogen-bond acceptors (Lipinski definition) is 6. The summed E-state index contributed by atoms with van der Waals surface area (Å²) in [5.74, 6) is 0.128. The molecular formula is C14H16ClN3O2S. The number of rotatable bonds is 6. The first kappa shape index (κ1) is 15.8. The number of halogens is 1. The van der Waals surface area contributed by atoms with Crippen molar-refractivity contribution in [2.75, 3.05) is 25.0 Å². The van der Waals surface area contributed by atoms with E-state index < -0.39 is 0 Å². The number of nitrogens with one attached hydrogen (secondary N) is 1. The van der Waals surface area contributed by atoms with Gasteiger partial charge in [-0.05, 0) is 19.1 Å². The molecule has 0 spiro atoms. The molecule has 0 aliphatic rings. The van der Waals surface area contributed by atoms with Crippen LogP contribution >= 0.6 is 22.9 Å². The minimum atomic E-state index is -0.380. The Morgan fingerprint density at radius 2 is 2.14 bits per heavy atom. The molecule has 1 heterocycles. The normalized spacial score (nSPS) is 10.4. The predicted molar refractivity (Wildman–Crippen MR) is 86.1 cm³/mol. The van der Waals surface area contributed by atoms with E-state index in [1.54, 1.807) is 19.1 Å². The second-order valence-corrected chi connectivity index (χ2v) is 5.58. The van der Waals surface area contributed by atoms with Gasteiger partial charge in [0, 0.05) is 23.7 Å². The monoisotopic (exact) mass is 325 g/mol. The van der Waals surface area contributed by atoms with E-state index in [1.165, 1.54) is 11.3 Å². The number of ether oxygens (including phenoxy) is 1. The van der Waals surface area contributed by atoms with Crippen molar-refractivity contribution in [1.29, 1.82) is 0 Å². The molecule has 21 heavy (non-hydrogen) atoms. The highest BCUT2D eigenvalue weighted by atomic mass is 35.5. The van der Waals surface area contributed by atoms with E-state index in [0.29, 0.717) is 35.4 Å². The fourth-order valence-corrected chi connectivity index (χ4v) is 2.75. The highest BCUT2D eigenvalue weighted by molar-refractivity contribution is 7.17. The maximum atomic E-state index is 12.0. The van der Waals surface area contributed by atoms with Gasteiger partial charge in [-0.3, -0.25) is 0 Å². The lowest BCUT2D eigenvalue weighted by Crippen LogP contribution is -2.15. The molecule has 2 aromatic rings. The van der Waals surface area contributed by atoms with Gasteiger partial charge in [-0.15, -0.1) is 11.3 Å². The summed E-state index contributed by atoms with van der Waals surface area (Å²) >= 11 is 7.16. The van der Waals surface area contributed by atoms with Gasteiger partial charge in [0.1, 0.15) is 5.01 Å². The number of aromatic nitrogens is 1. The molecule has 112 valence electrons. The van der Waals surface area contributed by atoms with E-state index in [1.807, 2.05) is 12.1 Å². The van der Waals surface area contributed by atoms with Crippen LogP contribution in [0.25, 0.3) is 10.6 Å². The molecule has 0 amide bonds. The van der Waals surface area contributed by atoms with Crippen molar-refractivity contribution in [2.45, 2.75) is 6.92 Å². The van der Waals surface area contributed by atoms with E-state index in [9.17, 15) is 4.79 Å². The molecule has 0 saturated heterocycles. The highest BCUT2D eigenvalue weighted by Crippen LogP contribution is 2.32. The summed E-state index contributed by atoms with van der Waals surface area (Å²) in [5, 5.41) is 4.44. The SMILES string of the molecule is CCOC(=O)c1sc(-c2ccc(Cl)cc2)nc1NCCN. The molecule has 0 aliphatic carbocycles. The zero-order valence-electron chi connectivity index (χ0n) is 11.6. The standard InChI is InChI=1S/C14H16ClN3O2S/c1-2-20-14(19)11-12(17-8-7-16)18-13(21-11)9-3-5-10(15)6-4-9/h3-6,17H,2,7-8,16H2,1H3. The van der Waals surface area contributed by atoms with E-state index in [0.717, 1.165) is 10.6 Å². The lowest BCUT2D eigenvalue weighted by atomic mass is 10.2. The zero-order valence-corrected chi connectivity index (χ0v) is 13.1. The molecule has 0 atom stereocenters. The van der Waals surface area contributed by atoms with Crippen molar-refractivity contribution in [3.63, 3.8) is 0 Å². The Labute approximate surface area is 132 Å². The molecule has 0 radical (unpaired) electrons. The Morgan fingerprint density at radius 1 is 1.43 bits per heavy atom. The number of nitrogens with zero attached hydrogens (tertiary/aromatic N) is 1. The van der Waals surface area contributed by atoms with E-state index in [-0.39, 0.29) is 5.97 Å². The lowest BCUT2D eigenvalue weighted by Gasteiger charge is -2.03. The molecule has 0 unspecified atom stereocenters. The molecule has 0 aliphatic heterocycles. The smallest absolute Gasteiger partial charge is 0.352 e. The van der Waals surface area contributed by atoms with Crippen LogP contribution in [-0.4, -0.2) is 30.6 Å². The summed E-state index contributed by atoms with van der Waals surface area (Å²) in [7, 11) is 0. The molecule has 0 bridgehead atoms. The van der Waals surface area contributed by atoms with Gasteiger partial charge >= 0.3 is 5.97 Å². The van der Waals surface area contributed by atoms with Crippen LogP contribution in [0.2, 0.25) is 5.02 Å². The van der Waals surface area contributed by atoms with Crippen LogP contribution in [0, 0.1) is 0 Å². The van der Waals surface area contributed by atoms with E-state index in [2.05, 4.69) is 10.3 Å².